The first-order valence-electron chi connectivity index (χ1n) is 10.7. The Morgan fingerprint density at radius 3 is 2.66 bits per heavy atom. The third-order valence-electron chi connectivity index (χ3n) is 5.30. The van der Waals surface area contributed by atoms with Crippen LogP contribution in [-0.4, -0.2) is 46.0 Å². The fourth-order valence-electron chi connectivity index (χ4n) is 3.72. The summed E-state index contributed by atoms with van der Waals surface area (Å²) in [7, 11) is 0. The standard InChI is InChI=1S/C24H25ClN4O3/c1-2-21(30)32-23-22(24(31)29(27-23)20-12-7-6-11-18(20)25)19-16-28(14-8-13-26-19)15-17-9-4-3-5-10-17/h3-7,9-12,27H,2,8,13-16H2,1H3. The Balaban J connectivity index is 1.73. The number of rotatable bonds is 6. The molecule has 3 aromatic rings. The Bertz CT molecular complexity index is 1180. The van der Waals surface area contributed by atoms with Gasteiger partial charge in [-0.05, 0) is 24.1 Å². The molecular weight excluding hydrogens is 428 g/mol. The summed E-state index contributed by atoms with van der Waals surface area (Å²) in [5, 5.41) is 3.34. The number of aliphatic imine (C=N–C) groups is 1. The van der Waals surface area contributed by atoms with E-state index in [1.807, 2.05) is 18.2 Å². The SMILES string of the molecule is CCC(=O)Oc1[nH]n(-c2ccccc2Cl)c(=O)c1C1=NCCCN(Cc2ccccc2)C1. The van der Waals surface area contributed by atoms with E-state index in [0.717, 1.165) is 19.5 Å². The van der Waals surface area contributed by atoms with Crippen molar-refractivity contribution in [3.63, 3.8) is 0 Å². The molecule has 0 radical (unpaired) electrons. The summed E-state index contributed by atoms with van der Waals surface area (Å²) < 4.78 is 6.82. The number of aromatic nitrogens is 2. The van der Waals surface area contributed by atoms with Crippen LogP contribution in [0.1, 0.15) is 30.9 Å². The number of carbonyl (C=O) groups is 1. The molecule has 32 heavy (non-hydrogen) atoms. The summed E-state index contributed by atoms with van der Waals surface area (Å²) >= 11 is 6.32. The second-order valence-corrected chi connectivity index (χ2v) is 8.02. The van der Waals surface area contributed by atoms with Crippen LogP contribution in [0.2, 0.25) is 5.02 Å². The maximum atomic E-state index is 13.5. The molecular formula is C24H25ClN4O3. The molecule has 0 amide bonds. The molecule has 0 unspecified atom stereocenters. The van der Waals surface area contributed by atoms with Crippen LogP contribution < -0.4 is 10.3 Å². The van der Waals surface area contributed by atoms with Crippen LogP contribution in [0.5, 0.6) is 5.88 Å². The van der Waals surface area contributed by atoms with Crippen LogP contribution in [0.3, 0.4) is 0 Å². The maximum absolute atomic E-state index is 13.5. The lowest BCUT2D eigenvalue weighted by molar-refractivity contribution is -0.134. The van der Waals surface area contributed by atoms with Crippen molar-refractivity contribution in [3.05, 3.63) is 81.1 Å². The van der Waals surface area contributed by atoms with E-state index in [1.165, 1.54) is 10.2 Å². The van der Waals surface area contributed by atoms with Crippen LogP contribution in [0, 0.1) is 0 Å². The van der Waals surface area contributed by atoms with Gasteiger partial charge >= 0.3 is 5.97 Å². The number of esters is 1. The van der Waals surface area contributed by atoms with Gasteiger partial charge in [0.1, 0.15) is 5.56 Å². The average Bonchev–Trinajstić information content (AvgIpc) is 2.96. The number of carbonyl (C=O) groups excluding carboxylic acids is 1. The molecule has 0 bridgehead atoms. The van der Waals surface area contributed by atoms with Crippen molar-refractivity contribution in [1.82, 2.24) is 14.7 Å². The summed E-state index contributed by atoms with van der Waals surface area (Å²) in [4.78, 5) is 32.5. The van der Waals surface area contributed by atoms with Gasteiger partial charge in [0.05, 0.1) is 16.4 Å². The third-order valence-corrected chi connectivity index (χ3v) is 5.62. The molecule has 0 saturated carbocycles. The second kappa shape index (κ2) is 9.97. The van der Waals surface area contributed by atoms with Crippen LogP contribution in [0.15, 0.2) is 64.4 Å². The minimum absolute atomic E-state index is 0.0991. The van der Waals surface area contributed by atoms with Crippen molar-refractivity contribution in [2.24, 2.45) is 4.99 Å². The highest BCUT2D eigenvalue weighted by Crippen LogP contribution is 2.23. The number of H-pyrrole nitrogens is 1. The van der Waals surface area contributed by atoms with Crippen molar-refractivity contribution in [2.45, 2.75) is 26.3 Å². The largest absolute Gasteiger partial charge is 0.407 e. The summed E-state index contributed by atoms with van der Waals surface area (Å²) in [6.07, 6.45) is 1.06. The van der Waals surface area contributed by atoms with Gasteiger partial charge in [-0.25, -0.2) is 4.68 Å². The number of para-hydroxylation sites is 1. The maximum Gasteiger partial charge on any atom is 0.312 e. The lowest BCUT2D eigenvalue weighted by Gasteiger charge is -2.20. The zero-order valence-corrected chi connectivity index (χ0v) is 18.6. The van der Waals surface area contributed by atoms with Gasteiger partial charge in [-0.2, -0.15) is 0 Å². The molecule has 2 aromatic carbocycles. The monoisotopic (exact) mass is 452 g/mol. The lowest BCUT2D eigenvalue weighted by atomic mass is 10.1. The lowest BCUT2D eigenvalue weighted by Crippen LogP contribution is -2.32. The highest BCUT2D eigenvalue weighted by Gasteiger charge is 2.26. The Hall–Kier alpha value is -3.16. The number of hydrogen-bond donors (Lipinski definition) is 1. The van der Waals surface area contributed by atoms with E-state index in [9.17, 15) is 9.59 Å². The summed E-state index contributed by atoms with van der Waals surface area (Å²) in [6.45, 7) is 4.37. The van der Waals surface area contributed by atoms with Gasteiger partial charge < -0.3 is 4.74 Å². The van der Waals surface area contributed by atoms with E-state index in [2.05, 4.69) is 27.1 Å². The molecule has 1 aliphatic rings. The topological polar surface area (TPSA) is 79.7 Å². The number of ether oxygens (including phenoxy) is 1. The second-order valence-electron chi connectivity index (χ2n) is 7.61. The van der Waals surface area contributed by atoms with Crippen LogP contribution in [-0.2, 0) is 11.3 Å². The van der Waals surface area contributed by atoms with E-state index < -0.39 is 5.97 Å². The first kappa shape index (κ1) is 22.0. The normalized spacial score (nSPS) is 14.6. The molecule has 1 aromatic heterocycles. The number of halogens is 1. The van der Waals surface area contributed by atoms with E-state index in [-0.39, 0.29) is 23.4 Å². The molecule has 0 fully saturated rings. The van der Waals surface area contributed by atoms with Crippen molar-refractivity contribution in [3.8, 4) is 11.6 Å². The quantitative estimate of drug-likeness (QED) is 0.576. The van der Waals surface area contributed by atoms with Crippen molar-refractivity contribution in [1.29, 1.82) is 0 Å². The number of nitrogens with one attached hydrogen (secondary N) is 1. The first-order valence-corrected chi connectivity index (χ1v) is 11.0. The van der Waals surface area contributed by atoms with Crippen LogP contribution >= 0.6 is 11.6 Å². The molecule has 0 aliphatic carbocycles. The molecule has 0 saturated heterocycles. The molecule has 0 spiro atoms. The highest BCUT2D eigenvalue weighted by atomic mass is 35.5. The number of hydrogen-bond acceptors (Lipinski definition) is 5. The number of aromatic amines is 1. The van der Waals surface area contributed by atoms with Crippen LogP contribution in [0.25, 0.3) is 5.69 Å². The van der Waals surface area contributed by atoms with Crippen molar-refractivity contribution < 1.29 is 9.53 Å². The summed E-state index contributed by atoms with van der Waals surface area (Å²) in [5.74, 6) is -0.337. The van der Waals surface area contributed by atoms with Gasteiger partial charge in [0, 0.05) is 32.6 Å². The van der Waals surface area contributed by atoms with E-state index in [1.54, 1.807) is 31.2 Å². The molecule has 0 atom stereocenters. The Labute approximate surface area is 191 Å². The number of benzene rings is 2. The summed E-state index contributed by atoms with van der Waals surface area (Å²) in [6, 6.07) is 17.2. The molecule has 7 nitrogen and oxygen atoms in total. The Morgan fingerprint density at radius 1 is 1.16 bits per heavy atom. The summed E-state index contributed by atoms with van der Waals surface area (Å²) in [5.41, 5.74) is 2.19. The first-order chi connectivity index (χ1) is 15.6. The highest BCUT2D eigenvalue weighted by molar-refractivity contribution is 6.32. The van der Waals surface area contributed by atoms with E-state index in [0.29, 0.717) is 29.5 Å². The van der Waals surface area contributed by atoms with E-state index in [4.69, 9.17) is 16.3 Å². The van der Waals surface area contributed by atoms with Gasteiger partial charge in [0.25, 0.3) is 5.56 Å². The molecule has 8 heteroatoms. The predicted molar refractivity (Wildman–Crippen MR) is 125 cm³/mol. The molecule has 4 rings (SSSR count). The van der Waals surface area contributed by atoms with Crippen molar-refractivity contribution >= 4 is 23.3 Å². The van der Waals surface area contributed by atoms with E-state index >= 15 is 0 Å². The minimum atomic E-state index is -0.436. The third kappa shape index (κ3) is 4.84. The van der Waals surface area contributed by atoms with Gasteiger partial charge in [0.15, 0.2) is 0 Å². The fourth-order valence-corrected chi connectivity index (χ4v) is 3.94. The molecule has 166 valence electrons. The zero-order valence-electron chi connectivity index (χ0n) is 17.9. The fraction of sp³-hybridized carbons (Fsp3) is 0.292. The molecule has 1 aliphatic heterocycles. The van der Waals surface area contributed by atoms with Gasteiger partial charge in [-0.15, -0.1) is 0 Å². The zero-order chi connectivity index (χ0) is 22.5. The molecule has 1 N–H and O–H groups in total. The number of nitrogens with zero attached hydrogens (tertiary/aromatic N) is 3. The molecule has 2 heterocycles. The van der Waals surface area contributed by atoms with Gasteiger partial charge in [-0.1, -0.05) is 61.0 Å². The van der Waals surface area contributed by atoms with Gasteiger partial charge in [0.2, 0.25) is 5.88 Å². The predicted octanol–water partition coefficient (Wildman–Crippen LogP) is 3.83. The average molecular weight is 453 g/mol. The Morgan fingerprint density at radius 2 is 1.91 bits per heavy atom. The van der Waals surface area contributed by atoms with Crippen molar-refractivity contribution in [2.75, 3.05) is 19.6 Å². The minimum Gasteiger partial charge on any atom is -0.407 e. The smallest absolute Gasteiger partial charge is 0.312 e. The van der Waals surface area contributed by atoms with Gasteiger partial charge in [-0.3, -0.25) is 24.6 Å². The van der Waals surface area contributed by atoms with Crippen LogP contribution in [0.4, 0.5) is 0 Å². The Kier molecular flexibility index (Phi) is 6.87.